The van der Waals surface area contributed by atoms with E-state index in [9.17, 15) is 9.59 Å². The highest BCUT2D eigenvalue weighted by Crippen LogP contribution is 2.31. The van der Waals surface area contributed by atoms with E-state index in [2.05, 4.69) is 6.58 Å². The standard InChI is InChI=1S/C15H14O3/c1-4-9(2)11-8-12(16)14-10(15(11)17)6-5-7-13(14)18-3/h4-9H,1H2,2-3H3. The van der Waals surface area contributed by atoms with Gasteiger partial charge in [0.2, 0.25) is 0 Å². The molecule has 0 aromatic heterocycles. The molecular formula is C15H14O3. The zero-order valence-electron chi connectivity index (χ0n) is 10.4. The second kappa shape index (κ2) is 4.61. The van der Waals surface area contributed by atoms with Crippen molar-refractivity contribution in [2.45, 2.75) is 6.92 Å². The Hall–Kier alpha value is -2.16. The van der Waals surface area contributed by atoms with E-state index in [1.807, 2.05) is 6.92 Å². The second-order valence-corrected chi connectivity index (χ2v) is 4.20. The van der Waals surface area contributed by atoms with E-state index in [1.165, 1.54) is 13.2 Å². The number of methoxy groups -OCH3 is 1. The molecule has 0 N–H and O–H groups in total. The van der Waals surface area contributed by atoms with E-state index in [4.69, 9.17) is 4.74 Å². The monoisotopic (exact) mass is 242 g/mol. The first-order valence-electron chi connectivity index (χ1n) is 5.70. The van der Waals surface area contributed by atoms with Crippen LogP contribution < -0.4 is 4.74 Å². The molecule has 0 saturated heterocycles. The molecule has 1 aliphatic rings. The van der Waals surface area contributed by atoms with Crippen LogP contribution in [-0.4, -0.2) is 18.7 Å². The smallest absolute Gasteiger partial charge is 0.190 e. The van der Waals surface area contributed by atoms with E-state index in [0.29, 0.717) is 22.4 Å². The van der Waals surface area contributed by atoms with Gasteiger partial charge in [-0.15, -0.1) is 6.58 Å². The summed E-state index contributed by atoms with van der Waals surface area (Å²) in [5.74, 6) is -0.0187. The molecule has 0 fully saturated rings. The Morgan fingerprint density at radius 1 is 1.33 bits per heavy atom. The molecule has 0 amide bonds. The fraction of sp³-hybridized carbons (Fsp3) is 0.200. The third kappa shape index (κ3) is 1.78. The van der Waals surface area contributed by atoms with Gasteiger partial charge in [0.1, 0.15) is 5.75 Å². The number of benzene rings is 1. The molecule has 0 aliphatic heterocycles. The van der Waals surface area contributed by atoms with Crippen molar-refractivity contribution in [3.63, 3.8) is 0 Å². The minimum atomic E-state index is -0.189. The van der Waals surface area contributed by atoms with Crippen molar-refractivity contribution in [1.82, 2.24) is 0 Å². The van der Waals surface area contributed by atoms with Gasteiger partial charge in [0.05, 0.1) is 12.7 Å². The van der Waals surface area contributed by atoms with Gasteiger partial charge in [-0.25, -0.2) is 0 Å². The van der Waals surface area contributed by atoms with Crippen LogP contribution in [0.15, 0.2) is 42.5 Å². The van der Waals surface area contributed by atoms with Crippen molar-refractivity contribution < 1.29 is 14.3 Å². The van der Waals surface area contributed by atoms with Crippen LogP contribution in [0.5, 0.6) is 5.75 Å². The summed E-state index contributed by atoms with van der Waals surface area (Å²) in [6.45, 7) is 5.50. The predicted molar refractivity (Wildman–Crippen MR) is 69.1 cm³/mol. The molecule has 0 bridgehead atoms. The van der Waals surface area contributed by atoms with Crippen LogP contribution in [-0.2, 0) is 0 Å². The number of allylic oxidation sites excluding steroid dienone is 3. The highest BCUT2D eigenvalue weighted by molar-refractivity contribution is 6.25. The van der Waals surface area contributed by atoms with Gasteiger partial charge in [-0.2, -0.15) is 0 Å². The van der Waals surface area contributed by atoms with Gasteiger partial charge in [-0.3, -0.25) is 9.59 Å². The molecule has 3 nitrogen and oxygen atoms in total. The Labute approximate surface area is 106 Å². The molecule has 1 aliphatic carbocycles. The maximum Gasteiger partial charge on any atom is 0.190 e. The maximum absolute atomic E-state index is 12.3. The van der Waals surface area contributed by atoms with E-state index < -0.39 is 0 Å². The largest absolute Gasteiger partial charge is 0.496 e. The average molecular weight is 242 g/mol. The molecule has 0 spiro atoms. The number of carbonyl (C=O) groups is 2. The number of Topliss-reactive ketones (excluding diaryl/α,β-unsaturated/α-hetero) is 1. The first-order valence-corrected chi connectivity index (χ1v) is 5.70. The van der Waals surface area contributed by atoms with Crippen molar-refractivity contribution in [3.8, 4) is 5.75 Å². The lowest BCUT2D eigenvalue weighted by Gasteiger charge is -2.19. The lowest BCUT2D eigenvalue weighted by Crippen LogP contribution is -2.20. The summed E-state index contributed by atoms with van der Waals surface area (Å²) in [7, 11) is 1.49. The molecule has 1 aromatic rings. The SMILES string of the molecule is C=CC(C)C1=CC(=O)c2c(OC)cccc2C1=O. The van der Waals surface area contributed by atoms with Crippen molar-refractivity contribution >= 4 is 11.6 Å². The number of ether oxygens (including phenoxy) is 1. The summed E-state index contributed by atoms with van der Waals surface area (Å²) >= 11 is 0. The number of fused-ring (bicyclic) bond motifs is 1. The van der Waals surface area contributed by atoms with Gasteiger partial charge < -0.3 is 4.74 Å². The minimum Gasteiger partial charge on any atom is -0.496 e. The normalized spacial score (nSPS) is 15.8. The third-order valence-electron chi connectivity index (χ3n) is 3.13. The fourth-order valence-electron chi connectivity index (χ4n) is 2.04. The number of hydrogen-bond acceptors (Lipinski definition) is 3. The van der Waals surface area contributed by atoms with Crippen LogP contribution in [0.4, 0.5) is 0 Å². The number of hydrogen-bond donors (Lipinski definition) is 0. The summed E-state index contributed by atoms with van der Waals surface area (Å²) in [6, 6.07) is 5.05. The average Bonchev–Trinajstić information content (AvgIpc) is 2.41. The molecular weight excluding hydrogens is 228 g/mol. The lowest BCUT2D eigenvalue weighted by molar-refractivity contribution is 0.0976. The van der Waals surface area contributed by atoms with Crippen LogP contribution in [0.1, 0.15) is 27.6 Å². The van der Waals surface area contributed by atoms with E-state index >= 15 is 0 Å². The summed E-state index contributed by atoms with van der Waals surface area (Å²) in [5, 5.41) is 0. The van der Waals surface area contributed by atoms with Gasteiger partial charge in [0.15, 0.2) is 11.6 Å². The molecule has 1 aromatic carbocycles. The molecule has 18 heavy (non-hydrogen) atoms. The highest BCUT2D eigenvalue weighted by Gasteiger charge is 2.29. The van der Waals surface area contributed by atoms with Crippen LogP contribution in [0, 0.1) is 5.92 Å². The van der Waals surface area contributed by atoms with E-state index in [0.717, 1.165) is 0 Å². The summed E-state index contributed by atoms with van der Waals surface area (Å²) < 4.78 is 5.13. The Kier molecular flexibility index (Phi) is 3.15. The Bertz CT molecular complexity index is 567. The molecule has 1 atom stereocenters. The van der Waals surface area contributed by atoms with Crippen LogP contribution in [0.2, 0.25) is 0 Å². The summed E-state index contributed by atoms with van der Waals surface area (Å²) in [5.41, 5.74) is 1.24. The Balaban J connectivity index is 2.61. The van der Waals surface area contributed by atoms with Crippen LogP contribution in [0.25, 0.3) is 0 Å². The van der Waals surface area contributed by atoms with Crippen molar-refractivity contribution in [3.05, 3.63) is 53.6 Å². The number of ketones is 2. The van der Waals surface area contributed by atoms with Gasteiger partial charge >= 0.3 is 0 Å². The quantitative estimate of drug-likeness (QED) is 0.765. The van der Waals surface area contributed by atoms with Gasteiger partial charge in [-0.1, -0.05) is 25.1 Å². The Morgan fingerprint density at radius 2 is 2.06 bits per heavy atom. The fourth-order valence-corrected chi connectivity index (χ4v) is 2.04. The first kappa shape index (κ1) is 12.3. The third-order valence-corrected chi connectivity index (χ3v) is 3.13. The predicted octanol–water partition coefficient (Wildman–Crippen LogP) is 2.82. The molecule has 92 valence electrons. The number of carbonyl (C=O) groups excluding carboxylic acids is 2. The van der Waals surface area contributed by atoms with Gasteiger partial charge in [0.25, 0.3) is 0 Å². The van der Waals surface area contributed by atoms with Gasteiger partial charge in [0, 0.05) is 17.1 Å². The topological polar surface area (TPSA) is 43.4 Å². The minimum absolute atomic E-state index is 0.129. The molecule has 2 rings (SSSR count). The van der Waals surface area contributed by atoms with E-state index in [1.54, 1.807) is 24.3 Å². The summed E-state index contributed by atoms with van der Waals surface area (Å²) in [4.78, 5) is 24.4. The van der Waals surface area contributed by atoms with Crippen LogP contribution >= 0.6 is 0 Å². The van der Waals surface area contributed by atoms with Crippen molar-refractivity contribution in [2.75, 3.05) is 7.11 Å². The van der Waals surface area contributed by atoms with Crippen molar-refractivity contribution in [1.29, 1.82) is 0 Å². The second-order valence-electron chi connectivity index (χ2n) is 4.20. The molecule has 0 heterocycles. The van der Waals surface area contributed by atoms with E-state index in [-0.39, 0.29) is 17.5 Å². The Morgan fingerprint density at radius 3 is 2.67 bits per heavy atom. The van der Waals surface area contributed by atoms with Crippen LogP contribution in [0.3, 0.4) is 0 Å². The molecule has 0 saturated carbocycles. The van der Waals surface area contributed by atoms with Gasteiger partial charge in [-0.05, 0) is 12.1 Å². The molecule has 1 unspecified atom stereocenters. The van der Waals surface area contributed by atoms with Crippen molar-refractivity contribution in [2.24, 2.45) is 5.92 Å². The highest BCUT2D eigenvalue weighted by atomic mass is 16.5. The maximum atomic E-state index is 12.3. The lowest BCUT2D eigenvalue weighted by atomic mass is 9.84. The number of rotatable bonds is 3. The summed E-state index contributed by atoms with van der Waals surface area (Å²) in [6.07, 6.45) is 3.04. The zero-order valence-corrected chi connectivity index (χ0v) is 10.4. The zero-order chi connectivity index (χ0) is 13.3. The molecule has 0 radical (unpaired) electrons. The first-order chi connectivity index (χ1) is 8.60. The molecule has 3 heteroatoms.